The summed E-state index contributed by atoms with van der Waals surface area (Å²) in [5.41, 5.74) is 9.25. The molecular formula is C13H18N2S. The van der Waals surface area contributed by atoms with Gasteiger partial charge in [-0.15, -0.1) is 0 Å². The van der Waals surface area contributed by atoms with Crippen LogP contribution in [0.3, 0.4) is 0 Å². The molecule has 0 amide bonds. The van der Waals surface area contributed by atoms with Gasteiger partial charge in [0.05, 0.1) is 0 Å². The molecule has 0 unspecified atom stereocenters. The van der Waals surface area contributed by atoms with Crippen LogP contribution in [0.1, 0.15) is 30.4 Å². The molecule has 1 aromatic rings. The third kappa shape index (κ3) is 1.92. The third-order valence-electron chi connectivity index (χ3n) is 3.48. The van der Waals surface area contributed by atoms with Gasteiger partial charge in [-0.3, -0.25) is 0 Å². The molecule has 0 saturated heterocycles. The maximum atomic E-state index is 5.79. The van der Waals surface area contributed by atoms with E-state index in [0.29, 0.717) is 11.0 Å². The highest BCUT2D eigenvalue weighted by molar-refractivity contribution is 7.80. The van der Waals surface area contributed by atoms with Crippen molar-refractivity contribution in [2.45, 2.75) is 32.2 Å². The average Bonchev–Trinajstić information content (AvgIpc) is 2.14. The van der Waals surface area contributed by atoms with Gasteiger partial charge in [-0.2, -0.15) is 0 Å². The van der Waals surface area contributed by atoms with E-state index in [-0.39, 0.29) is 0 Å². The Hall–Kier alpha value is -1.09. The first-order valence-corrected chi connectivity index (χ1v) is 6.14. The van der Waals surface area contributed by atoms with E-state index in [2.05, 4.69) is 24.9 Å². The standard InChI is InChI=1S/C13H18N2S/c1-9-5-3-8-11(13(14)16)12(9)15(2)10-6-4-7-10/h3,5,8,10H,4,6-7H2,1-2H3,(H2,14,16). The number of hydrogen-bond donors (Lipinski definition) is 1. The molecule has 2 rings (SSSR count). The zero-order valence-corrected chi connectivity index (χ0v) is 10.7. The number of para-hydroxylation sites is 1. The first-order chi connectivity index (χ1) is 7.61. The van der Waals surface area contributed by atoms with Crippen molar-refractivity contribution in [1.82, 2.24) is 0 Å². The lowest BCUT2D eigenvalue weighted by Gasteiger charge is -2.38. The van der Waals surface area contributed by atoms with Crippen molar-refractivity contribution < 1.29 is 0 Å². The Morgan fingerprint density at radius 2 is 2.12 bits per heavy atom. The van der Waals surface area contributed by atoms with Crippen LogP contribution in [0.2, 0.25) is 0 Å². The monoisotopic (exact) mass is 234 g/mol. The number of nitrogens with zero attached hydrogens (tertiary/aromatic N) is 1. The van der Waals surface area contributed by atoms with Gasteiger partial charge in [-0.25, -0.2) is 0 Å². The summed E-state index contributed by atoms with van der Waals surface area (Å²) in [5, 5.41) is 0. The van der Waals surface area contributed by atoms with Crippen molar-refractivity contribution in [3.8, 4) is 0 Å². The summed E-state index contributed by atoms with van der Waals surface area (Å²) < 4.78 is 0. The molecule has 0 heterocycles. The summed E-state index contributed by atoms with van der Waals surface area (Å²) in [6.07, 6.45) is 3.90. The fourth-order valence-electron chi connectivity index (χ4n) is 2.28. The Bertz CT molecular complexity index is 410. The molecule has 0 radical (unpaired) electrons. The second kappa shape index (κ2) is 4.42. The van der Waals surface area contributed by atoms with E-state index in [0.717, 1.165) is 5.56 Å². The normalized spacial score (nSPS) is 15.6. The van der Waals surface area contributed by atoms with E-state index in [1.807, 2.05) is 12.1 Å². The first kappa shape index (κ1) is 11.4. The lowest BCUT2D eigenvalue weighted by atomic mass is 9.90. The van der Waals surface area contributed by atoms with Crippen molar-refractivity contribution in [2.24, 2.45) is 5.73 Å². The van der Waals surface area contributed by atoms with Gasteiger partial charge in [-0.05, 0) is 37.8 Å². The van der Waals surface area contributed by atoms with Gasteiger partial charge in [0.2, 0.25) is 0 Å². The van der Waals surface area contributed by atoms with Gasteiger partial charge in [-0.1, -0.05) is 24.4 Å². The largest absolute Gasteiger partial charge is 0.389 e. The SMILES string of the molecule is Cc1cccc(C(N)=S)c1N(C)C1CCC1. The van der Waals surface area contributed by atoms with Gasteiger partial charge in [0.1, 0.15) is 4.99 Å². The van der Waals surface area contributed by atoms with E-state index in [1.54, 1.807) is 0 Å². The van der Waals surface area contributed by atoms with Crippen LogP contribution in [0.5, 0.6) is 0 Å². The molecule has 1 aliphatic carbocycles. The molecule has 0 atom stereocenters. The summed E-state index contributed by atoms with van der Waals surface area (Å²) in [4.78, 5) is 2.83. The zero-order valence-electron chi connectivity index (χ0n) is 9.86. The van der Waals surface area contributed by atoms with Crippen LogP contribution in [0.25, 0.3) is 0 Å². The van der Waals surface area contributed by atoms with E-state index >= 15 is 0 Å². The van der Waals surface area contributed by atoms with Crippen molar-refractivity contribution in [3.05, 3.63) is 29.3 Å². The van der Waals surface area contributed by atoms with Crippen LogP contribution in [0.4, 0.5) is 5.69 Å². The topological polar surface area (TPSA) is 29.3 Å². The second-order valence-corrected chi connectivity index (χ2v) is 4.97. The third-order valence-corrected chi connectivity index (χ3v) is 3.70. The molecule has 1 aromatic carbocycles. The molecule has 1 saturated carbocycles. The number of thiocarbonyl (C=S) groups is 1. The number of benzene rings is 1. The number of anilines is 1. The molecular weight excluding hydrogens is 216 g/mol. The Balaban J connectivity index is 2.40. The van der Waals surface area contributed by atoms with E-state index < -0.39 is 0 Å². The van der Waals surface area contributed by atoms with Crippen LogP contribution in [-0.4, -0.2) is 18.1 Å². The van der Waals surface area contributed by atoms with Crippen LogP contribution < -0.4 is 10.6 Å². The highest BCUT2D eigenvalue weighted by Crippen LogP contribution is 2.32. The molecule has 2 N–H and O–H groups in total. The zero-order chi connectivity index (χ0) is 11.7. The van der Waals surface area contributed by atoms with Crippen molar-refractivity contribution in [3.63, 3.8) is 0 Å². The highest BCUT2D eigenvalue weighted by atomic mass is 32.1. The smallest absolute Gasteiger partial charge is 0.106 e. The van der Waals surface area contributed by atoms with Crippen molar-refractivity contribution in [1.29, 1.82) is 0 Å². The molecule has 86 valence electrons. The lowest BCUT2D eigenvalue weighted by Crippen LogP contribution is -2.38. The second-order valence-electron chi connectivity index (χ2n) is 4.53. The lowest BCUT2D eigenvalue weighted by molar-refractivity contribution is 0.401. The summed E-state index contributed by atoms with van der Waals surface area (Å²) in [6.45, 7) is 2.12. The van der Waals surface area contributed by atoms with Crippen LogP contribution >= 0.6 is 12.2 Å². The van der Waals surface area contributed by atoms with E-state index in [9.17, 15) is 0 Å². The van der Waals surface area contributed by atoms with Gasteiger partial charge in [0.15, 0.2) is 0 Å². The molecule has 2 nitrogen and oxygen atoms in total. The molecule has 0 bridgehead atoms. The minimum absolute atomic E-state index is 0.491. The Kier molecular flexibility index (Phi) is 3.15. The summed E-state index contributed by atoms with van der Waals surface area (Å²) >= 11 is 5.12. The fourth-order valence-corrected chi connectivity index (χ4v) is 2.45. The summed E-state index contributed by atoms with van der Waals surface area (Å²) in [5.74, 6) is 0. The average molecular weight is 234 g/mol. The van der Waals surface area contributed by atoms with E-state index in [1.165, 1.54) is 30.5 Å². The Morgan fingerprint density at radius 1 is 1.44 bits per heavy atom. The summed E-state index contributed by atoms with van der Waals surface area (Å²) in [7, 11) is 2.15. The Labute approximate surface area is 102 Å². The molecule has 16 heavy (non-hydrogen) atoms. The summed E-state index contributed by atoms with van der Waals surface area (Å²) in [6, 6.07) is 6.81. The Morgan fingerprint density at radius 3 is 2.62 bits per heavy atom. The predicted octanol–water partition coefficient (Wildman–Crippen LogP) is 2.62. The maximum Gasteiger partial charge on any atom is 0.106 e. The van der Waals surface area contributed by atoms with Crippen molar-refractivity contribution >= 4 is 22.9 Å². The number of rotatable bonds is 3. The van der Waals surface area contributed by atoms with Gasteiger partial charge in [0, 0.05) is 24.3 Å². The molecule has 0 aromatic heterocycles. The number of hydrogen-bond acceptors (Lipinski definition) is 2. The molecule has 0 aliphatic heterocycles. The van der Waals surface area contributed by atoms with Gasteiger partial charge in [0.25, 0.3) is 0 Å². The fraction of sp³-hybridized carbons (Fsp3) is 0.462. The minimum Gasteiger partial charge on any atom is -0.389 e. The quantitative estimate of drug-likeness (QED) is 0.815. The van der Waals surface area contributed by atoms with Gasteiger partial charge >= 0.3 is 0 Å². The first-order valence-electron chi connectivity index (χ1n) is 5.73. The molecule has 3 heteroatoms. The van der Waals surface area contributed by atoms with Crippen LogP contribution in [0.15, 0.2) is 18.2 Å². The molecule has 1 fully saturated rings. The van der Waals surface area contributed by atoms with E-state index in [4.69, 9.17) is 18.0 Å². The highest BCUT2D eigenvalue weighted by Gasteiger charge is 2.25. The maximum absolute atomic E-state index is 5.79. The number of nitrogens with two attached hydrogens (primary N) is 1. The molecule has 0 spiro atoms. The van der Waals surface area contributed by atoms with Crippen LogP contribution in [-0.2, 0) is 0 Å². The molecule has 1 aliphatic rings. The van der Waals surface area contributed by atoms with Gasteiger partial charge < -0.3 is 10.6 Å². The van der Waals surface area contributed by atoms with Crippen LogP contribution in [0, 0.1) is 6.92 Å². The predicted molar refractivity (Wildman–Crippen MR) is 73.1 cm³/mol. The van der Waals surface area contributed by atoms with Crippen molar-refractivity contribution in [2.75, 3.05) is 11.9 Å². The number of aryl methyl sites for hydroxylation is 1. The minimum atomic E-state index is 0.491.